The molecule has 0 aliphatic carbocycles. The second kappa shape index (κ2) is 10.0. The number of esters is 1. The van der Waals surface area contributed by atoms with Crippen molar-refractivity contribution in [3.05, 3.63) is 41.6 Å². The summed E-state index contributed by atoms with van der Waals surface area (Å²) in [6.07, 6.45) is 0.139. The number of furan rings is 1. The van der Waals surface area contributed by atoms with Crippen LogP contribution >= 0.6 is 0 Å². The van der Waals surface area contributed by atoms with E-state index in [4.69, 9.17) is 9.15 Å². The fraction of sp³-hybridized carbons (Fsp3) is 0.591. The van der Waals surface area contributed by atoms with E-state index in [2.05, 4.69) is 14.9 Å². The van der Waals surface area contributed by atoms with Gasteiger partial charge < -0.3 is 14.1 Å². The maximum atomic E-state index is 13.4. The fourth-order valence-corrected chi connectivity index (χ4v) is 4.68. The highest BCUT2D eigenvalue weighted by atomic mass is 19.3. The molecule has 180 valence electrons. The first-order chi connectivity index (χ1) is 15.9. The number of halogens is 2. The number of ether oxygens (including phenoxy) is 1. The Bertz CT molecular complexity index is 964. The van der Waals surface area contributed by atoms with Crippen LogP contribution in [0.2, 0.25) is 0 Å². The van der Waals surface area contributed by atoms with E-state index in [9.17, 15) is 18.4 Å². The SMILES string of the molecule is CCOC(=O)C1CN(Cc2ccco2)CC2CN(C(=O)c3cn(C)nc3C(F)F)CCN2C1. The van der Waals surface area contributed by atoms with Gasteiger partial charge in [-0.3, -0.25) is 24.1 Å². The van der Waals surface area contributed by atoms with Gasteiger partial charge in [-0.2, -0.15) is 5.10 Å². The highest BCUT2D eigenvalue weighted by Crippen LogP contribution is 2.25. The lowest BCUT2D eigenvalue weighted by atomic mass is 10.1. The number of piperazine rings is 1. The first-order valence-electron chi connectivity index (χ1n) is 11.1. The number of alkyl halides is 2. The van der Waals surface area contributed by atoms with Crippen molar-refractivity contribution in [2.75, 3.05) is 45.9 Å². The maximum absolute atomic E-state index is 13.4. The lowest BCUT2D eigenvalue weighted by Crippen LogP contribution is -2.57. The number of carbonyl (C=O) groups is 2. The summed E-state index contributed by atoms with van der Waals surface area (Å²) in [5.74, 6) is -0.220. The summed E-state index contributed by atoms with van der Waals surface area (Å²) in [6.45, 7) is 5.58. The molecule has 2 aromatic heterocycles. The van der Waals surface area contributed by atoms with E-state index in [0.717, 1.165) is 5.76 Å². The number of hydrogen-bond donors (Lipinski definition) is 0. The van der Waals surface area contributed by atoms with Crippen molar-refractivity contribution in [3.63, 3.8) is 0 Å². The third kappa shape index (κ3) is 5.25. The monoisotopic (exact) mass is 465 g/mol. The van der Waals surface area contributed by atoms with E-state index in [1.165, 1.54) is 17.9 Å². The Balaban J connectivity index is 1.52. The third-order valence-corrected chi connectivity index (χ3v) is 6.17. The molecule has 2 saturated heterocycles. The quantitative estimate of drug-likeness (QED) is 0.602. The average molecular weight is 466 g/mol. The number of aromatic nitrogens is 2. The second-order valence-corrected chi connectivity index (χ2v) is 8.52. The molecule has 11 heteroatoms. The molecule has 2 aliphatic rings. The number of carbonyl (C=O) groups excluding carboxylic acids is 2. The Kier molecular flexibility index (Phi) is 7.08. The van der Waals surface area contributed by atoms with E-state index in [1.807, 2.05) is 12.1 Å². The molecule has 4 rings (SSSR count). The van der Waals surface area contributed by atoms with Gasteiger partial charge in [0.05, 0.1) is 30.9 Å². The van der Waals surface area contributed by atoms with E-state index in [0.29, 0.717) is 52.4 Å². The number of nitrogens with zero attached hydrogens (tertiary/aromatic N) is 5. The molecule has 2 fully saturated rings. The van der Waals surface area contributed by atoms with Crippen molar-refractivity contribution in [1.29, 1.82) is 0 Å². The van der Waals surface area contributed by atoms with E-state index in [-0.39, 0.29) is 23.5 Å². The number of amides is 1. The van der Waals surface area contributed by atoms with Gasteiger partial charge >= 0.3 is 5.97 Å². The third-order valence-electron chi connectivity index (χ3n) is 6.17. The summed E-state index contributed by atoms with van der Waals surface area (Å²) in [4.78, 5) is 31.6. The minimum Gasteiger partial charge on any atom is -0.468 e. The van der Waals surface area contributed by atoms with Crippen molar-refractivity contribution in [3.8, 4) is 0 Å². The van der Waals surface area contributed by atoms with E-state index in [1.54, 1.807) is 18.1 Å². The molecule has 2 unspecified atom stereocenters. The zero-order chi connectivity index (χ0) is 23.5. The molecular weight excluding hydrogens is 436 g/mol. The van der Waals surface area contributed by atoms with Crippen LogP contribution in [0.1, 0.15) is 35.2 Å². The topological polar surface area (TPSA) is 84.0 Å². The number of fused-ring (bicyclic) bond motifs is 1. The van der Waals surface area contributed by atoms with Crippen molar-refractivity contribution in [2.24, 2.45) is 13.0 Å². The average Bonchev–Trinajstić information content (AvgIpc) is 3.39. The lowest BCUT2D eigenvalue weighted by Gasteiger charge is -2.41. The van der Waals surface area contributed by atoms with Crippen LogP contribution in [0.25, 0.3) is 0 Å². The molecule has 0 radical (unpaired) electrons. The van der Waals surface area contributed by atoms with Crippen LogP contribution in [0, 0.1) is 5.92 Å². The van der Waals surface area contributed by atoms with Gasteiger partial charge in [-0.15, -0.1) is 0 Å². The van der Waals surface area contributed by atoms with E-state index >= 15 is 0 Å². The summed E-state index contributed by atoms with van der Waals surface area (Å²) in [7, 11) is 1.52. The zero-order valence-electron chi connectivity index (χ0n) is 18.8. The summed E-state index contributed by atoms with van der Waals surface area (Å²) < 4.78 is 38.8. The number of hydrogen-bond acceptors (Lipinski definition) is 7. The molecule has 4 heterocycles. The van der Waals surface area contributed by atoms with Crippen LogP contribution in [0.4, 0.5) is 8.78 Å². The van der Waals surface area contributed by atoms with Gasteiger partial charge in [0.1, 0.15) is 11.5 Å². The molecule has 2 aliphatic heterocycles. The largest absolute Gasteiger partial charge is 0.468 e. The van der Waals surface area contributed by atoms with Crippen molar-refractivity contribution < 1.29 is 27.5 Å². The predicted octanol–water partition coefficient (Wildman–Crippen LogP) is 1.77. The smallest absolute Gasteiger partial charge is 0.311 e. The van der Waals surface area contributed by atoms with Gasteiger partial charge in [-0.05, 0) is 19.1 Å². The second-order valence-electron chi connectivity index (χ2n) is 8.52. The van der Waals surface area contributed by atoms with Crippen molar-refractivity contribution >= 4 is 11.9 Å². The molecule has 0 spiro atoms. The fourth-order valence-electron chi connectivity index (χ4n) is 4.68. The zero-order valence-corrected chi connectivity index (χ0v) is 18.8. The molecule has 2 aromatic rings. The van der Waals surface area contributed by atoms with Gasteiger partial charge in [0.2, 0.25) is 0 Å². The van der Waals surface area contributed by atoms with Crippen molar-refractivity contribution in [1.82, 2.24) is 24.5 Å². The molecular formula is C22H29F2N5O4. The number of rotatable bonds is 6. The predicted molar refractivity (Wildman–Crippen MR) is 114 cm³/mol. The Labute approximate surface area is 190 Å². The van der Waals surface area contributed by atoms with E-state index < -0.39 is 18.0 Å². The van der Waals surface area contributed by atoms with Crippen LogP contribution < -0.4 is 0 Å². The van der Waals surface area contributed by atoms with Crippen LogP contribution in [0.15, 0.2) is 29.0 Å². The van der Waals surface area contributed by atoms with Crippen molar-refractivity contribution in [2.45, 2.75) is 25.9 Å². The molecule has 0 N–H and O–H groups in total. The first-order valence-corrected chi connectivity index (χ1v) is 11.1. The summed E-state index contributed by atoms with van der Waals surface area (Å²) >= 11 is 0. The summed E-state index contributed by atoms with van der Waals surface area (Å²) in [5.41, 5.74) is -0.556. The first kappa shape index (κ1) is 23.4. The summed E-state index contributed by atoms with van der Waals surface area (Å²) in [6, 6.07) is 3.65. The van der Waals surface area contributed by atoms with Gasteiger partial charge in [0, 0.05) is 58.6 Å². The highest BCUT2D eigenvalue weighted by molar-refractivity contribution is 5.95. The molecule has 2 atom stereocenters. The molecule has 0 aromatic carbocycles. The molecule has 1 amide bonds. The Morgan fingerprint density at radius 1 is 1.24 bits per heavy atom. The Morgan fingerprint density at radius 2 is 2.06 bits per heavy atom. The summed E-state index contributed by atoms with van der Waals surface area (Å²) in [5, 5.41) is 3.76. The molecule has 33 heavy (non-hydrogen) atoms. The van der Waals surface area contributed by atoms with Gasteiger partial charge in [-0.25, -0.2) is 8.78 Å². The highest BCUT2D eigenvalue weighted by Gasteiger charge is 2.39. The van der Waals surface area contributed by atoms with Gasteiger partial charge in [0.25, 0.3) is 12.3 Å². The molecule has 0 bridgehead atoms. The molecule has 9 nitrogen and oxygen atoms in total. The maximum Gasteiger partial charge on any atom is 0.311 e. The Hall–Kier alpha value is -2.79. The normalized spacial score (nSPS) is 22.3. The van der Waals surface area contributed by atoms with Gasteiger partial charge in [-0.1, -0.05) is 0 Å². The minimum absolute atomic E-state index is 0.0521. The van der Waals surface area contributed by atoms with Gasteiger partial charge in [0.15, 0.2) is 0 Å². The molecule has 0 saturated carbocycles. The lowest BCUT2D eigenvalue weighted by molar-refractivity contribution is -0.149. The Morgan fingerprint density at radius 3 is 2.76 bits per heavy atom. The standard InChI is InChI=1S/C22H29F2N5O4/c1-3-32-22(31)15-9-27(13-17-5-4-8-33-17)11-16-12-29(7-6-28(16)10-15)21(30)18-14-26(2)25-19(18)20(23)24/h4-5,8,14-16,20H,3,6-7,9-13H2,1-2H3. The minimum atomic E-state index is -2.82. The van der Waals surface area contributed by atoms with Crippen LogP contribution in [0.5, 0.6) is 0 Å². The van der Waals surface area contributed by atoms with Crippen LogP contribution in [0.3, 0.4) is 0 Å². The van der Waals surface area contributed by atoms with Crippen LogP contribution in [-0.4, -0.2) is 88.3 Å². The number of aryl methyl sites for hydroxylation is 1. The van der Waals surface area contributed by atoms with Crippen LogP contribution in [-0.2, 0) is 23.1 Å².